The number of aliphatic hydroxyl groups is 1. The van der Waals surface area contributed by atoms with Gasteiger partial charge in [-0.15, -0.1) is 0 Å². The second kappa shape index (κ2) is 13.6. The van der Waals surface area contributed by atoms with Gasteiger partial charge in [-0.05, 0) is 75.8 Å². The van der Waals surface area contributed by atoms with Crippen LogP contribution in [-0.4, -0.2) is 68.9 Å². The van der Waals surface area contributed by atoms with E-state index < -0.39 is 6.43 Å². The highest BCUT2D eigenvalue weighted by Gasteiger charge is 2.29. The summed E-state index contributed by atoms with van der Waals surface area (Å²) in [5.74, 6) is 1.69. The molecular formula is C32H41F2N5O4. The number of ketones is 1. The molecule has 0 amide bonds. The van der Waals surface area contributed by atoms with E-state index in [1.807, 2.05) is 4.90 Å². The van der Waals surface area contributed by atoms with E-state index in [4.69, 9.17) is 19.4 Å². The standard InChI is InChI=1S/C32H41F2N5O4/c33-30(34)31-35-25-5-1-2-6-26(25)39(31)28-20-29(37-32(36-28)38-16-18-42-19-17-38)43-24-14-10-22(11-15-24)27(41)7-3-4-21-8-12-23(40)13-9-21/h1-2,5-6,20-24,30,40H,3-4,7-19H2. The highest BCUT2D eigenvalue weighted by Crippen LogP contribution is 2.33. The number of carbonyl (C=O) groups excluding carboxylic acids is 1. The minimum absolute atomic E-state index is 0.0591. The summed E-state index contributed by atoms with van der Waals surface area (Å²) >= 11 is 0. The Morgan fingerprint density at radius 3 is 2.49 bits per heavy atom. The first-order chi connectivity index (χ1) is 20.9. The number of benzene rings is 1. The predicted molar refractivity (Wildman–Crippen MR) is 158 cm³/mol. The molecular weight excluding hydrogens is 556 g/mol. The van der Waals surface area contributed by atoms with Crippen LogP contribution in [0.15, 0.2) is 30.3 Å². The van der Waals surface area contributed by atoms with Crippen LogP contribution >= 0.6 is 0 Å². The van der Waals surface area contributed by atoms with Crippen molar-refractivity contribution in [3.8, 4) is 11.7 Å². The largest absolute Gasteiger partial charge is 0.474 e. The van der Waals surface area contributed by atoms with Gasteiger partial charge < -0.3 is 19.5 Å². The molecule has 1 N–H and O–H groups in total. The number of para-hydroxylation sites is 2. The van der Waals surface area contributed by atoms with E-state index in [2.05, 4.69) is 4.98 Å². The van der Waals surface area contributed by atoms with Crippen LogP contribution in [0.5, 0.6) is 5.88 Å². The third-order valence-corrected chi connectivity index (χ3v) is 9.25. The number of hydrogen-bond acceptors (Lipinski definition) is 8. The lowest BCUT2D eigenvalue weighted by Gasteiger charge is -2.30. The van der Waals surface area contributed by atoms with Crippen LogP contribution in [0.2, 0.25) is 0 Å². The highest BCUT2D eigenvalue weighted by atomic mass is 19.3. The van der Waals surface area contributed by atoms with Crippen molar-refractivity contribution in [2.45, 2.75) is 89.3 Å². The molecule has 1 aromatic carbocycles. The molecule has 11 heteroatoms. The first-order valence-corrected chi connectivity index (χ1v) is 15.8. The molecule has 3 heterocycles. The minimum atomic E-state index is -2.79. The van der Waals surface area contributed by atoms with E-state index in [-0.39, 0.29) is 29.8 Å². The number of alkyl halides is 2. The number of imidazole rings is 1. The van der Waals surface area contributed by atoms with Crippen LogP contribution in [0.1, 0.15) is 82.9 Å². The predicted octanol–water partition coefficient (Wildman–Crippen LogP) is 5.82. The van der Waals surface area contributed by atoms with E-state index in [0.717, 1.165) is 64.2 Å². The van der Waals surface area contributed by atoms with Gasteiger partial charge in [0.1, 0.15) is 17.7 Å². The summed E-state index contributed by atoms with van der Waals surface area (Å²) in [6.07, 6.45) is 6.48. The Morgan fingerprint density at radius 2 is 1.74 bits per heavy atom. The molecule has 43 heavy (non-hydrogen) atoms. The number of rotatable bonds is 10. The number of aliphatic hydroxyl groups excluding tert-OH is 1. The van der Waals surface area contributed by atoms with Gasteiger partial charge in [0.05, 0.1) is 30.4 Å². The second-order valence-electron chi connectivity index (χ2n) is 12.2. The maximum Gasteiger partial charge on any atom is 0.296 e. The Kier molecular flexibility index (Phi) is 9.47. The van der Waals surface area contributed by atoms with E-state index in [0.29, 0.717) is 67.3 Å². The maximum atomic E-state index is 14.1. The zero-order valence-corrected chi connectivity index (χ0v) is 24.5. The summed E-state index contributed by atoms with van der Waals surface area (Å²) in [6, 6.07) is 8.64. The Morgan fingerprint density at radius 1 is 1.00 bits per heavy atom. The average molecular weight is 598 g/mol. The molecule has 2 aliphatic carbocycles. The van der Waals surface area contributed by atoms with E-state index in [1.165, 1.54) is 4.57 Å². The van der Waals surface area contributed by atoms with Gasteiger partial charge in [-0.1, -0.05) is 18.6 Å². The number of nitrogens with zero attached hydrogens (tertiary/aromatic N) is 5. The zero-order valence-electron chi connectivity index (χ0n) is 24.5. The first-order valence-electron chi connectivity index (χ1n) is 15.8. The van der Waals surface area contributed by atoms with Crippen molar-refractivity contribution in [2.75, 3.05) is 31.2 Å². The molecule has 3 fully saturated rings. The van der Waals surface area contributed by atoms with E-state index in [1.54, 1.807) is 30.3 Å². The van der Waals surface area contributed by atoms with Crippen LogP contribution in [0.4, 0.5) is 14.7 Å². The van der Waals surface area contributed by atoms with Gasteiger partial charge >= 0.3 is 0 Å². The van der Waals surface area contributed by atoms with Gasteiger partial charge in [-0.25, -0.2) is 13.8 Å². The number of carbonyl (C=O) groups is 1. The lowest BCUT2D eigenvalue weighted by Crippen LogP contribution is -2.37. The second-order valence-corrected chi connectivity index (χ2v) is 12.2. The Hall–Kier alpha value is -3.18. The molecule has 2 saturated carbocycles. The van der Waals surface area contributed by atoms with Crippen molar-refractivity contribution in [2.24, 2.45) is 11.8 Å². The summed E-state index contributed by atoms with van der Waals surface area (Å²) in [4.78, 5) is 28.5. The number of Topliss-reactive ketones (excluding diaryl/α,β-unsaturated/α-hetero) is 1. The average Bonchev–Trinajstić information content (AvgIpc) is 3.43. The van der Waals surface area contributed by atoms with Gasteiger partial charge in [0.15, 0.2) is 5.82 Å². The molecule has 3 aliphatic rings. The van der Waals surface area contributed by atoms with Crippen LogP contribution in [0, 0.1) is 11.8 Å². The minimum Gasteiger partial charge on any atom is -0.474 e. The number of morpholine rings is 1. The smallest absolute Gasteiger partial charge is 0.296 e. The van der Waals surface area contributed by atoms with Gasteiger partial charge in [0.25, 0.3) is 6.43 Å². The maximum absolute atomic E-state index is 14.1. The monoisotopic (exact) mass is 597 g/mol. The van der Waals surface area contributed by atoms with Crippen molar-refractivity contribution < 1.29 is 28.2 Å². The molecule has 2 aromatic heterocycles. The zero-order chi connectivity index (χ0) is 29.8. The molecule has 0 radical (unpaired) electrons. The van der Waals surface area contributed by atoms with Crippen molar-refractivity contribution in [3.05, 3.63) is 36.2 Å². The summed E-state index contributed by atoms with van der Waals surface area (Å²) in [5, 5.41) is 9.72. The molecule has 1 saturated heterocycles. The SMILES string of the molecule is O=C(CCCC1CCC(O)CC1)C1CCC(Oc2cc(-n3c(C(F)F)nc4ccccc43)nc(N3CCOCC3)n2)CC1. The van der Waals surface area contributed by atoms with Crippen molar-refractivity contribution in [1.29, 1.82) is 0 Å². The van der Waals surface area contributed by atoms with Crippen molar-refractivity contribution in [3.63, 3.8) is 0 Å². The van der Waals surface area contributed by atoms with Gasteiger partial charge in [0, 0.05) is 31.5 Å². The van der Waals surface area contributed by atoms with Crippen LogP contribution in [0.3, 0.4) is 0 Å². The van der Waals surface area contributed by atoms with Gasteiger partial charge in [-0.2, -0.15) is 9.97 Å². The van der Waals surface area contributed by atoms with Crippen LogP contribution in [0.25, 0.3) is 16.9 Å². The summed E-state index contributed by atoms with van der Waals surface area (Å²) in [7, 11) is 0. The third-order valence-electron chi connectivity index (χ3n) is 9.25. The fraction of sp³-hybridized carbons (Fsp3) is 0.625. The Labute approximate surface area is 250 Å². The number of halogens is 2. The number of anilines is 1. The molecule has 232 valence electrons. The highest BCUT2D eigenvalue weighted by molar-refractivity contribution is 5.81. The van der Waals surface area contributed by atoms with Crippen molar-refractivity contribution >= 4 is 22.8 Å². The fourth-order valence-electron chi connectivity index (χ4n) is 6.79. The normalized spacial score (nSPS) is 24.9. The number of aromatic nitrogens is 4. The van der Waals surface area contributed by atoms with E-state index >= 15 is 0 Å². The summed E-state index contributed by atoms with van der Waals surface area (Å²) < 4.78 is 41.6. The topological polar surface area (TPSA) is 103 Å². The molecule has 0 unspecified atom stereocenters. The molecule has 1 aliphatic heterocycles. The Balaban J connectivity index is 1.13. The van der Waals surface area contributed by atoms with Crippen molar-refractivity contribution in [1.82, 2.24) is 19.5 Å². The number of fused-ring (bicyclic) bond motifs is 1. The first kappa shape index (κ1) is 29.9. The molecule has 0 spiro atoms. The van der Waals surface area contributed by atoms with Gasteiger partial charge in [0.2, 0.25) is 11.8 Å². The molecule has 0 bridgehead atoms. The quantitative estimate of drug-likeness (QED) is 0.312. The summed E-state index contributed by atoms with van der Waals surface area (Å²) in [5.41, 5.74) is 1.00. The molecule has 0 atom stereocenters. The molecule has 9 nitrogen and oxygen atoms in total. The molecule has 3 aromatic rings. The lowest BCUT2D eigenvalue weighted by atomic mass is 9.81. The fourth-order valence-corrected chi connectivity index (χ4v) is 6.79. The van der Waals surface area contributed by atoms with E-state index in [9.17, 15) is 18.7 Å². The lowest BCUT2D eigenvalue weighted by molar-refractivity contribution is -0.124. The molecule has 6 rings (SSSR count). The van der Waals surface area contributed by atoms with Gasteiger partial charge in [-0.3, -0.25) is 9.36 Å². The van der Waals surface area contributed by atoms with Crippen LogP contribution in [-0.2, 0) is 9.53 Å². The van der Waals surface area contributed by atoms with Crippen LogP contribution < -0.4 is 9.64 Å². The Bertz CT molecular complexity index is 1380. The number of ether oxygens (including phenoxy) is 2. The number of hydrogen-bond donors (Lipinski definition) is 1. The third kappa shape index (κ3) is 7.15. The summed E-state index contributed by atoms with van der Waals surface area (Å²) in [6.45, 7) is 2.24.